The van der Waals surface area contributed by atoms with Crippen molar-refractivity contribution in [3.05, 3.63) is 64.7 Å². The van der Waals surface area contributed by atoms with E-state index in [0.29, 0.717) is 61.9 Å². The Morgan fingerprint density at radius 1 is 0.944 bits per heavy atom. The van der Waals surface area contributed by atoms with Gasteiger partial charge in [-0.2, -0.15) is 0 Å². The number of carbonyl (C=O) groups excluding carboxylic acids is 2. The molecule has 7 nitrogen and oxygen atoms in total. The van der Waals surface area contributed by atoms with E-state index in [9.17, 15) is 9.59 Å². The average molecular weight is 514 g/mol. The van der Waals surface area contributed by atoms with Crippen molar-refractivity contribution in [1.82, 2.24) is 14.7 Å². The molecule has 2 heterocycles. The SMILES string of the molecule is COCc1cccc(C(=O)N2CCC(COc3cccc(Cl)c3)(CC(=O)N3CCN(C)CC3)CC2)c1. The highest BCUT2D eigenvalue weighted by Crippen LogP contribution is 2.37. The molecule has 8 heteroatoms. The van der Waals surface area contributed by atoms with E-state index in [2.05, 4.69) is 11.9 Å². The summed E-state index contributed by atoms with van der Waals surface area (Å²) in [5.74, 6) is 0.884. The second-order valence-electron chi connectivity index (χ2n) is 10.0. The molecule has 2 saturated heterocycles. The maximum atomic E-state index is 13.3. The fourth-order valence-corrected chi connectivity index (χ4v) is 5.16. The lowest BCUT2D eigenvalue weighted by atomic mass is 9.75. The molecule has 0 radical (unpaired) electrons. The van der Waals surface area contributed by atoms with Gasteiger partial charge in [-0.1, -0.05) is 29.8 Å². The molecule has 0 atom stereocenters. The van der Waals surface area contributed by atoms with Crippen LogP contribution in [-0.4, -0.2) is 86.5 Å². The van der Waals surface area contributed by atoms with Gasteiger partial charge in [0, 0.05) is 68.8 Å². The molecule has 4 rings (SSSR count). The van der Waals surface area contributed by atoms with Crippen molar-refractivity contribution in [3.8, 4) is 5.75 Å². The first-order valence-corrected chi connectivity index (χ1v) is 13.0. The van der Waals surface area contributed by atoms with Gasteiger partial charge in [-0.15, -0.1) is 0 Å². The van der Waals surface area contributed by atoms with E-state index in [1.807, 2.05) is 52.3 Å². The summed E-state index contributed by atoms with van der Waals surface area (Å²) in [6.07, 6.45) is 1.83. The van der Waals surface area contributed by atoms with Crippen LogP contribution in [0, 0.1) is 5.41 Å². The summed E-state index contributed by atoms with van der Waals surface area (Å²) < 4.78 is 11.4. The fourth-order valence-electron chi connectivity index (χ4n) is 4.98. The van der Waals surface area contributed by atoms with Crippen molar-refractivity contribution in [2.45, 2.75) is 25.9 Å². The van der Waals surface area contributed by atoms with Crippen LogP contribution in [0.5, 0.6) is 5.75 Å². The first kappa shape index (κ1) is 26.5. The van der Waals surface area contributed by atoms with Crippen LogP contribution in [0.2, 0.25) is 5.02 Å². The molecule has 2 aliphatic heterocycles. The predicted octanol–water partition coefficient (Wildman–Crippen LogP) is 3.95. The summed E-state index contributed by atoms with van der Waals surface area (Å²) in [7, 11) is 3.73. The summed E-state index contributed by atoms with van der Waals surface area (Å²) in [5.41, 5.74) is 1.31. The molecule has 0 aliphatic carbocycles. The molecule has 0 bridgehead atoms. The number of likely N-dealkylation sites (N-methyl/N-ethyl adjacent to an activating group) is 1. The normalized spacial score (nSPS) is 18.2. The highest BCUT2D eigenvalue weighted by atomic mass is 35.5. The van der Waals surface area contributed by atoms with Crippen LogP contribution in [0.15, 0.2) is 48.5 Å². The molecule has 36 heavy (non-hydrogen) atoms. The molecule has 0 spiro atoms. The van der Waals surface area contributed by atoms with Crippen LogP contribution < -0.4 is 4.74 Å². The standard InChI is InChI=1S/C28H36ClN3O4/c1-30-13-15-31(16-14-30)26(33)19-28(21-36-25-8-4-7-24(29)18-25)9-11-32(12-10-28)27(34)23-6-3-5-22(17-23)20-35-2/h3-8,17-18H,9-16,19-21H2,1-2H3. The second-order valence-corrected chi connectivity index (χ2v) is 10.5. The number of hydrogen-bond donors (Lipinski definition) is 0. The quantitative estimate of drug-likeness (QED) is 0.535. The number of carbonyl (C=O) groups is 2. The summed E-state index contributed by atoms with van der Waals surface area (Å²) in [6.45, 7) is 5.35. The number of piperidine rings is 1. The van der Waals surface area contributed by atoms with Gasteiger partial charge in [0.25, 0.3) is 5.91 Å². The van der Waals surface area contributed by atoms with E-state index in [0.717, 1.165) is 31.7 Å². The number of rotatable bonds is 8. The van der Waals surface area contributed by atoms with Gasteiger partial charge in [-0.3, -0.25) is 9.59 Å². The van der Waals surface area contributed by atoms with E-state index in [-0.39, 0.29) is 17.2 Å². The Balaban J connectivity index is 1.44. The van der Waals surface area contributed by atoms with Crippen molar-refractivity contribution in [2.75, 3.05) is 60.0 Å². The zero-order valence-corrected chi connectivity index (χ0v) is 22.0. The number of amides is 2. The topological polar surface area (TPSA) is 62.3 Å². The predicted molar refractivity (Wildman–Crippen MR) is 140 cm³/mol. The molecule has 2 amide bonds. The summed E-state index contributed by atoms with van der Waals surface area (Å²) in [5, 5.41) is 0.617. The number of piperazine rings is 1. The summed E-state index contributed by atoms with van der Waals surface area (Å²) >= 11 is 6.14. The number of benzene rings is 2. The maximum absolute atomic E-state index is 13.3. The van der Waals surface area contributed by atoms with Gasteiger partial charge in [-0.25, -0.2) is 0 Å². The van der Waals surface area contributed by atoms with E-state index in [1.54, 1.807) is 13.2 Å². The molecule has 2 fully saturated rings. The second kappa shape index (κ2) is 12.1. The Morgan fingerprint density at radius 3 is 2.36 bits per heavy atom. The Kier molecular flexibility index (Phi) is 8.88. The number of nitrogens with zero attached hydrogens (tertiary/aromatic N) is 3. The van der Waals surface area contributed by atoms with Crippen LogP contribution in [0.3, 0.4) is 0 Å². The lowest BCUT2D eigenvalue weighted by Gasteiger charge is -2.42. The average Bonchev–Trinajstić information content (AvgIpc) is 2.88. The Morgan fingerprint density at radius 2 is 1.67 bits per heavy atom. The zero-order chi connectivity index (χ0) is 25.5. The van der Waals surface area contributed by atoms with Crippen LogP contribution >= 0.6 is 11.6 Å². The van der Waals surface area contributed by atoms with Crippen molar-refractivity contribution < 1.29 is 19.1 Å². The monoisotopic (exact) mass is 513 g/mol. The van der Waals surface area contributed by atoms with Crippen LogP contribution in [0.4, 0.5) is 0 Å². The van der Waals surface area contributed by atoms with Crippen molar-refractivity contribution in [3.63, 3.8) is 0 Å². The molecule has 0 unspecified atom stereocenters. The van der Waals surface area contributed by atoms with Gasteiger partial charge in [0.1, 0.15) is 5.75 Å². The van der Waals surface area contributed by atoms with Gasteiger partial charge in [0.15, 0.2) is 0 Å². The Labute approximate surface area is 218 Å². The number of halogens is 1. The largest absolute Gasteiger partial charge is 0.493 e. The van der Waals surface area contributed by atoms with Crippen molar-refractivity contribution in [2.24, 2.45) is 5.41 Å². The van der Waals surface area contributed by atoms with Gasteiger partial charge >= 0.3 is 0 Å². The molecule has 2 aromatic rings. The minimum atomic E-state index is -0.336. The van der Waals surface area contributed by atoms with E-state index < -0.39 is 0 Å². The third-order valence-corrected chi connectivity index (χ3v) is 7.55. The van der Waals surface area contributed by atoms with E-state index >= 15 is 0 Å². The third kappa shape index (κ3) is 6.78. The van der Waals surface area contributed by atoms with Crippen molar-refractivity contribution >= 4 is 23.4 Å². The smallest absolute Gasteiger partial charge is 0.253 e. The summed E-state index contributed by atoms with van der Waals surface area (Å²) in [6, 6.07) is 14.9. The van der Waals surface area contributed by atoms with Gasteiger partial charge in [0.2, 0.25) is 5.91 Å². The zero-order valence-electron chi connectivity index (χ0n) is 21.2. The molecular formula is C28H36ClN3O4. The lowest BCUT2D eigenvalue weighted by molar-refractivity contribution is -0.136. The van der Waals surface area contributed by atoms with E-state index in [1.165, 1.54) is 0 Å². The molecule has 2 aliphatic rings. The molecule has 194 valence electrons. The Hall–Kier alpha value is -2.61. The highest BCUT2D eigenvalue weighted by Gasteiger charge is 2.40. The molecular weight excluding hydrogens is 478 g/mol. The van der Waals surface area contributed by atoms with Crippen LogP contribution in [0.25, 0.3) is 0 Å². The first-order valence-electron chi connectivity index (χ1n) is 12.6. The van der Waals surface area contributed by atoms with Crippen molar-refractivity contribution in [1.29, 1.82) is 0 Å². The van der Waals surface area contributed by atoms with Crippen LogP contribution in [0.1, 0.15) is 35.2 Å². The first-order chi connectivity index (χ1) is 17.4. The Bertz CT molecular complexity index is 1050. The van der Waals surface area contributed by atoms with Gasteiger partial charge < -0.3 is 24.2 Å². The third-order valence-electron chi connectivity index (χ3n) is 7.32. The number of likely N-dealkylation sites (tertiary alicyclic amines) is 1. The van der Waals surface area contributed by atoms with Gasteiger partial charge in [0.05, 0.1) is 13.2 Å². The molecule has 0 aromatic heterocycles. The fraction of sp³-hybridized carbons (Fsp3) is 0.500. The molecule has 0 saturated carbocycles. The number of methoxy groups -OCH3 is 1. The minimum Gasteiger partial charge on any atom is -0.493 e. The minimum absolute atomic E-state index is 0.0164. The van der Waals surface area contributed by atoms with Crippen LogP contribution in [-0.2, 0) is 16.1 Å². The van der Waals surface area contributed by atoms with Gasteiger partial charge in [-0.05, 0) is 55.8 Å². The van der Waals surface area contributed by atoms with E-state index in [4.69, 9.17) is 21.1 Å². The molecule has 2 aromatic carbocycles. The maximum Gasteiger partial charge on any atom is 0.253 e. The number of ether oxygens (including phenoxy) is 2. The lowest BCUT2D eigenvalue weighted by Crippen LogP contribution is -2.51. The number of hydrogen-bond acceptors (Lipinski definition) is 5. The highest BCUT2D eigenvalue weighted by molar-refractivity contribution is 6.30. The molecule has 0 N–H and O–H groups in total. The summed E-state index contributed by atoms with van der Waals surface area (Å²) in [4.78, 5) is 32.7.